The molecule has 3 heterocycles. The lowest BCUT2D eigenvalue weighted by atomic mass is 9.93. The summed E-state index contributed by atoms with van der Waals surface area (Å²) in [6.45, 7) is 2.97. The Morgan fingerprint density at radius 2 is 1.83 bits per heavy atom. The molecule has 5 rings (SSSR count). The first-order valence-electron chi connectivity index (χ1n) is 14.0. The normalized spacial score (nSPS) is 16.1. The fourth-order valence-electron chi connectivity index (χ4n) is 5.51. The Morgan fingerprint density at radius 1 is 1.07 bits per heavy atom. The topological polar surface area (TPSA) is 89.7 Å². The molecule has 2 aliphatic rings. The molecule has 2 aliphatic heterocycles. The number of carbonyl (C=O) groups excluding carboxylic acids is 1. The standard InChI is InChI=1S/C31H35F3N4O3/c1-40-23-9-12-38(13-10-23)18-22-16-19(5-7-27(22)41-14-2-3-28(32)33)25-17-26(30(35)37-29(25)34)20-4-6-24-21(15-20)8-11-36-31(24)39/h4-7,15-17,23,28H,2-3,8-14,18H2,1H3,(H2,35,37)(H,36,39). The molecule has 7 nitrogen and oxygen atoms in total. The van der Waals surface area contributed by atoms with E-state index in [0.717, 1.165) is 42.6 Å². The van der Waals surface area contributed by atoms with Crippen molar-refractivity contribution in [1.82, 2.24) is 15.2 Å². The molecular formula is C31H35F3N4O3. The quantitative estimate of drug-likeness (QED) is 0.250. The van der Waals surface area contributed by atoms with Gasteiger partial charge < -0.3 is 20.5 Å². The number of nitrogens with one attached hydrogen (secondary N) is 1. The number of piperidine rings is 1. The van der Waals surface area contributed by atoms with Crippen molar-refractivity contribution >= 4 is 11.7 Å². The number of carbonyl (C=O) groups is 1. The number of benzene rings is 2. The zero-order chi connectivity index (χ0) is 28.9. The molecule has 3 N–H and O–H groups in total. The van der Waals surface area contributed by atoms with Crippen LogP contribution in [-0.4, -0.2) is 61.7 Å². The predicted molar refractivity (Wildman–Crippen MR) is 152 cm³/mol. The Bertz CT molecular complexity index is 1390. The third-order valence-corrected chi connectivity index (χ3v) is 7.80. The molecule has 3 aromatic rings. The van der Waals surface area contributed by atoms with Crippen LogP contribution in [0.25, 0.3) is 22.3 Å². The summed E-state index contributed by atoms with van der Waals surface area (Å²) >= 11 is 0. The minimum atomic E-state index is -2.37. The first-order valence-corrected chi connectivity index (χ1v) is 14.0. The molecule has 1 aromatic heterocycles. The number of halogens is 3. The predicted octanol–water partition coefficient (Wildman–Crippen LogP) is 5.46. The van der Waals surface area contributed by atoms with E-state index < -0.39 is 12.4 Å². The minimum Gasteiger partial charge on any atom is -0.493 e. The molecule has 1 saturated heterocycles. The van der Waals surface area contributed by atoms with E-state index in [4.69, 9.17) is 15.2 Å². The molecule has 0 radical (unpaired) electrons. The van der Waals surface area contributed by atoms with E-state index in [2.05, 4.69) is 15.2 Å². The highest BCUT2D eigenvalue weighted by atomic mass is 19.3. The van der Waals surface area contributed by atoms with Crippen LogP contribution < -0.4 is 15.8 Å². The second-order valence-electron chi connectivity index (χ2n) is 10.6. The van der Waals surface area contributed by atoms with Crippen molar-refractivity contribution in [3.05, 3.63) is 65.1 Å². The summed E-state index contributed by atoms with van der Waals surface area (Å²) < 4.78 is 52.0. The number of pyridine rings is 1. The van der Waals surface area contributed by atoms with Gasteiger partial charge in [0, 0.05) is 62.0 Å². The number of likely N-dealkylation sites (tertiary alicyclic amines) is 1. The van der Waals surface area contributed by atoms with Crippen LogP contribution in [0, 0.1) is 5.95 Å². The third kappa shape index (κ3) is 6.82. The van der Waals surface area contributed by atoms with Crippen LogP contribution in [0.2, 0.25) is 0 Å². The van der Waals surface area contributed by atoms with Gasteiger partial charge in [-0.1, -0.05) is 18.2 Å². The number of nitrogen functional groups attached to an aromatic ring is 1. The highest BCUT2D eigenvalue weighted by molar-refractivity contribution is 5.97. The minimum absolute atomic E-state index is 0.0617. The number of anilines is 1. The summed E-state index contributed by atoms with van der Waals surface area (Å²) in [6.07, 6.45) is 0.377. The SMILES string of the molecule is COC1CCN(Cc2cc(-c3cc(-c4ccc5c(c4)CCNC5=O)c(N)nc3F)ccc2OCCCC(F)F)CC1. The van der Waals surface area contributed by atoms with Crippen LogP contribution in [-0.2, 0) is 17.7 Å². The molecular weight excluding hydrogens is 533 g/mol. The van der Waals surface area contributed by atoms with E-state index >= 15 is 4.39 Å². The van der Waals surface area contributed by atoms with Gasteiger partial charge in [0.2, 0.25) is 12.4 Å². The first-order chi connectivity index (χ1) is 19.8. The number of aromatic nitrogens is 1. The van der Waals surface area contributed by atoms with Gasteiger partial charge in [-0.25, -0.2) is 13.8 Å². The summed E-state index contributed by atoms with van der Waals surface area (Å²) in [5.74, 6) is -0.152. The summed E-state index contributed by atoms with van der Waals surface area (Å²) in [5.41, 5.74) is 10.8. The third-order valence-electron chi connectivity index (χ3n) is 7.80. The van der Waals surface area contributed by atoms with E-state index in [0.29, 0.717) is 42.0 Å². The zero-order valence-electron chi connectivity index (χ0n) is 23.1. The Morgan fingerprint density at radius 3 is 2.59 bits per heavy atom. The van der Waals surface area contributed by atoms with E-state index in [1.165, 1.54) is 0 Å². The van der Waals surface area contributed by atoms with Crippen LogP contribution in [0.5, 0.6) is 5.75 Å². The lowest BCUT2D eigenvalue weighted by Crippen LogP contribution is -2.36. The van der Waals surface area contributed by atoms with Crippen molar-refractivity contribution in [1.29, 1.82) is 0 Å². The highest BCUT2D eigenvalue weighted by Crippen LogP contribution is 2.35. The molecule has 0 saturated carbocycles. The van der Waals surface area contributed by atoms with Crippen LogP contribution in [0.15, 0.2) is 42.5 Å². The van der Waals surface area contributed by atoms with Gasteiger partial charge >= 0.3 is 0 Å². The Labute approximate surface area is 237 Å². The zero-order valence-corrected chi connectivity index (χ0v) is 23.1. The Hall–Kier alpha value is -3.63. The van der Waals surface area contributed by atoms with Gasteiger partial charge in [0.05, 0.1) is 12.7 Å². The molecule has 1 amide bonds. The molecule has 0 aliphatic carbocycles. The van der Waals surface area contributed by atoms with Gasteiger partial charge in [-0.2, -0.15) is 4.39 Å². The van der Waals surface area contributed by atoms with Gasteiger partial charge in [0.25, 0.3) is 5.91 Å². The molecule has 0 unspecified atom stereocenters. The van der Waals surface area contributed by atoms with E-state index in [9.17, 15) is 13.6 Å². The number of nitrogens with two attached hydrogens (primary N) is 1. The monoisotopic (exact) mass is 568 g/mol. The van der Waals surface area contributed by atoms with Crippen molar-refractivity contribution in [2.24, 2.45) is 0 Å². The lowest BCUT2D eigenvalue weighted by molar-refractivity contribution is 0.0386. The molecule has 0 atom stereocenters. The van der Waals surface area contributed by atoms with Crippen LogP contribution in [0.1, 0.15) is 47.2 Å². The largest absolute Gasteiger partial charge is 0.493 e. The number of fused-ring (bicyclic) bond motifs is 1. The summed E-state index contributed by atoms with van der Waals surface area (Å²) in [5, 5.41) is 2.83. The fourth-order valence-corrected chi connectivity index (χ4v) is 5.51. The average Bonchev–Trinajstić information content (AvgIpc) is 2.96. The molecule has 10 heteroatoms. The maximum atomic E-state index is 15.3. The first kappa shape index (κ1) is 28.9. The fraction of sp³-hybridized carbons (Fsp3) is 0.419. The maximum absolute atomic E-state index is 15.3. The number of methoxy groups -OCH3 is 1. The molecule has 41 heavy (non-hydrogen) atoms. The summed E-state index contributed by atoms with van der Waals surface area (Å²) in [4.78, 5) is 18.5. The molecule has 2 aromatic carbocycles. The van der Waals surface area contributed by atoms with E-state index in [1.54, 1.807) is 37.4 Å². The van der Waals surface area contributed by atoms with Gasteiger partial charge in [-0.15, -0.1) is 0 Å². The number of rotatable bonds is 10. The lowest BCUT2D eigenvalue weighted by Gasteiger charge is -2.31. The van der Waals surface area contributed by atoms with Gasteiger partial charge in [0.15, 0.2) is 0 Å². The second kappa shape index (κ2) is 12.9. The summed E-state index contributed by atoms with van der Waals surface area (Å²) in [7, 11) is 1.72. The number of nitrogens with zero attached hydrogens (tertiary/aromatic N) is 2. The van der Waals surface area contributed by atoms with Crippen molar-refractivity contribution in [3.63, 3.8) is 0 Å². The molecule has 0 spiro atoms. The number of ether oxygens (including phenoxy) is 2. The van der Waals surface area contributed by atoms with E-state index in [-0.39, 0.29) is 42.8 Å². The van der Waals surface area contributed by atoms with Crippen molar-refractivity contribution in [2.75, 3.05) is 39.1 Å². The molecule has 1 fully saturated rings. The van der Waals surface area contributed by atoms with Crippen LogP contribution in [0.4, 0.5) is 19.0 Å². The van der Waals surface area contributed by atoms with Crippen molar-refractivity contribution < 1.29 is 27.4 Å². The Kier molecular flexibility index (Phi) is 9.09. The number of alkyl halides is 2. The smallest absolute Gasteiger partial charge is 0.251 e. The van der Waals surface area contributed by atoms with Gasteiger partial charge in [-0.05, 0) is 66.6 Å². The number of hydrogen-bond acceptors (Lipinski definition) is 6. The average molecular weight is 569 g/mol. The van der Waals surface area contributed by atoms with Gasteiger partial charge in [0.1, 0.15) is 11.6 Å². The highest BCUT2D eigenvalue weighted by Gasteiger charge is 2.22. The van der Waals surface area contributed by atoms with Crippen LogP contribution in [0.3, 0.4) is 0 Å². The number of amides is 1. The van der Waals surface area contributed by atoms with Crippen molar-refractivity contribution in [3.8, 4) is 28.0 Å². The Balaban J connectivity index is 1.46. The second-order valence-corrected chi connectivity index (χ2v) is 10.6. The number of hydrogen-bond donors (Lipinski definition) is 2. The molecule has 0 bridgehead atoms. The van der Waals surface area contributed by atoms with Crippen molar-refractivity contribution in [2.45, 2.75) is 51.2 Å². The van der Waals surface area contributed by atoms with E-state index in [1.807, 2.05) is 12.1 Å². The van der Waals surface area contributed by atoms with Crippen LogP contribution >= 0.6 is 0 Å². The maximum Gasteiger partial charge on any atom is 0.251 e. The van der Waals surface area contributed by atoms with Gasteiger partial charge in [-0.3, -0.25) is 9.69 Å². The summed E-state index contributed by atoms with van der Waals surface area (Å²) in [6, 6.07) is 12.5. The molecule has 218 valence electrons.